The van der Waals surface area contributed by atoms with Crippen LogP contribution < -0.4 is 5.32 Å². The summed E-state index contributed by atoms with van der Waals surface area (Å²) in [6.45, 7) is 1.36. The molecule has 0 bridgehead atoms. The van der Waals surface area contributed by atoms with Crippen molar-refractivity contribution in [1.29, 1.82) is 0 Å². The van der Waals surface area contributed by atoms with Crippen LogP contribution in [0.4, 0.5) is 0 Å². The zero-order valence-corrected chi connectivity index (χ0v) is 15.1. The molecular formula is C21H25NO4. The van der Waals surface area contributed by atoms with Gasteiger partial charge in [0.1, 0.15) is 0 Å². The Hall–Kier alpha value is -2.66. The molecule has 0 aliphatic carbocycles. The monoisotopic (exact) mass is 355 g/mol. The minimum atomic E-state index is -1.44. The zero-order valence-electron chi connectivity index (χ0n) is 15.1. The summed E-state index contributed by atoms with van der Waals surface area (Å²) in [6, 6.07) is 19.8. The Balaban J connectivity index is 2.15. The van der Waals surface area contributed by atoms with Crippen LogP contribution in [0, 0.1) is 0 Å². The number of carboxylic acid groups (broad SMARTS) is 1. The molecule has 0 aromatic heterocycles. The van der Waals surface area contributed by atoms with Crippen LogP contribution in [0.15, 0.2) is 60.7 Å². The third-order valence-corrected chi connectivity index (χ3v) is 4.35. The molecule has 2 aromatic carbocycles. The molecule has 1 amide bonds. The quantitative estimate of drug-likeness (QED) is 0.725. The summed E-state index contributed by atoms with van der Waals surface area (Å²) >= 11 is 0. The van der Waals surface area contributed by atoms with Gasteiger partial charge in [0.25, 0.3) is 0 Å². The highest BCUT2D eigenvalue weighted by molar-refractivity contribution is 5.87. The molecule has 2 atom stereocenters. The van der Waals surface area contributed by atoms with Crippen molar-refractivity contribution in [2.24, 2.45) is 0 Å². The Bertz CT molecular complexity index is 717. The van der Waals surface area contributed by atoms with Crippen molar-refractivity contribution < 1.29 is 19.4 Å². The number of benzene rings is 2. The van der Waals surface area contributed by atoms with Gasteiger partial charge < -0.3 is 15.2 Å². The van der Waals surface area contributed by atoms with E-state index in [1.165, 1.54) is 14.0 Å². The Labute approximate surface area is 154 Å². The highest BCUT2D eigenvalue weighted by Crippen LogP contribution is 2.25. The molecule has 2 unspecified atom stereocenters. The summed E-state index contributed by atoms with van der Waals surface area (Å²) < 4.78 is 4.96. The molecule has 0 fully saturated rings. The Morgan fingerprint density at radius 2 is 1.65 bits per heavy atom. The molecule has 0 spiro atoms. The molecule has 0 aliphatic rings. The number of methoxy groups -OCH3 is 1. The standard InChI is InChI=1S/C21H25NO4/c1-21(15-26-2,20(24)25)22-19(23)14-18(17-11-7-4-8-12-17)13-16-9-5-3-6-10-16/h3-12,18H,13-15H2,1-2H3,(H,22,23)(H,24,25). The molecule has 0 radical (unpaired) electrons. The van der Waals surface area contributed by atoms with Crippen molar-refractivity contribution in [3.63, 3.8) is 0 Å². The molecule has 2 N–H and O–H groups in total. The largest absolute Gasteiger partial charge is 0.479 e. The van der Waals surface area contributed by atoms with Gasteiger partial charge in [-0.3, -0.25) is 4.79 Å². The van der Waals surface area contributed by atoms with Gasteiger partial charge in [0, 0.05) is 13.5 Å². The number of amides is 1. The van der Waals surface area contributed by atoms with Crippen LogP contribution in [-0.4, -0.2) is 36.2 Å². The maximum absolute atomic E-state index is 12.6. The zero-order chi connectivity index (χ0) is 19.0. The maximum Gasteiger partial charge on any atom is 0.331 e. The van der Waals surface area contributed by atoms with Gasteiger partial charge in [0.2, 0.25) is 5.91 Å². The van der Waals surface area contributed by atoms with E-state index >= 15 is 0 Å². The number of carboxylic acids is 1. The van der Waals surface area contributed by atoms with E-state index in [2.05, 4.69) is 5.32 Å². The van der Waals surface area contributed by atoms with Gasteiger partial charge in [-0.1, -0.05) is 60.7 Å². The van der Waals surface area contributed by atoms with Crippen LogP contribution in [0.1, 0.15) is 30.4 Å². The normalized spacial score (nSPS) is 14.2. The van der Waals surface area contributed by atoms with Crippen molar-refractivity contribution in [2.75, 3.05) is 13.7 Å². The Morgan fingerprint density at radius 1 is 1.08 bits per heavy atom. The van der Waals surface area contributed by atoms with E-state index < -0.39 is 11.5 Å². The fourth-order valence-corrected chi connectivity index (χ4v) is 2.95. The lowest BCUT2D eigenvalue weighted by Crippen LogP contribution is -2.55. The molecule has 26 heavy (non-hydrogen) atoms. The van der Waals surface area contributed by atoms with Crippen LogP contribution >= 0.6 is 0 Å². The summed E-state index contributed by atoms with van der Waals surface area (Å²) in [4.78, 5) is 24.1. The Kier molecular flexibility index (Phi) is 6.92. The average molecular weight is 355 g/mol. The molecule has 2 aromatic rings. The summed E-state index contributed by atoms with van der Waals surface area (Å²) in [6.07, 6.45) is 0.901. The third-order valence-electron chi connectivity index (χ3n) is 4.35. The van der Waals surface area contributed by atoms with Gasteiger partial charge in [0.05, 0.1) is 6.61 Å². The number of rotatable bonds is 9. The maximum atomic E-state index is 12.6. The number of nitrogens with one attached hydrogen (secondary N) is 1. The number of hydrogen-bond donors (Lipinski definition) is 2. The van der Waals surface area contributed by atoms with E-state index in [1.807, 2.05) is 60.7 Å². The highest BCUT2D eigenvalue weighted by atomic mass is 16.5. The van der Waals surface area contributed by atoms with E-state index in [1.54, 1.807) is 0 Å². The second-order valence-corrected chi connectivity index (χ2v) is 6.62. The number of hydrogen-bond acceptors (Lipinski definition) is 3. The summed E-state index contributed by atoms with van der Waals surface area (Å²) in [7, 11) is 1.41. The van der Waals surface area contributed by atoms with Crippen molar-refractivity contribution in [2.45, 2.75) is 31.2 Å². The van der Waals surface area contributed by atoms with Crippen LogP contribution in [0.5, 0.6) is 0 Å². The lowest BCUT2D eigenvalue weighted by Gasteiger charge is -2.26. The van der Waals surface area contributed by atoms with E-state index in [0.717, 1.165) is 11.1 Å². The predicted octanol–water partition coefficient (Wildman–Crippen LogP) is 3.01. The van der Waals surface area contributed by atoms with Gasteiger partial charge in [-0.2, -0.15) is 0 Å². The molecule has 5 heteroatoms. The van der Waals surface area contributed by atoms with Crippen molar-refractivity contribution >= 4 is 11.9 Å². The smallest absolute Gasteiger partial charge is 0.331 e. The highest BCUT2D eigenvalue weighted by Gasteiger charge is 2.35. The second-order valence-electron chi connectivity index (χ2n) is 6.62. The first kappa shape index (κ1) is 19.7. The van der Waals surface area contributed by atoms with Crippen LogP contribution in [0.3, 0.4) is 0 Å². The van der Waals surface area contributed by atoms with E-state index in [0.29, 0.717) is 6.42 Å². The first-order valence-corrected chi connectivity index (χ1v) is 8.57. The fourth-order valence-electron chi connectivity index (χ4n) is 2.95. The van der Waals surface area contributed by atoms with Gasteiger partial charge in [-0.25, -0.2) is 4.79 Å². The van der Waals surface area contributed by atoms with Gasteiger partial charge >= 0.3 is 5.97 Å². The van der Waals surface area contributed by atoms with Crippen molar-refractivity contribution in [1.82, 2.24) is 5.32 Å². The first-order chi connectivity index (χ1) is 12.4. The second kappa shape index (κ2) is 9.15. The van der Waals surface area contributed by atoms with Gasteiger partial charge in [-0.05, 0) is 30.4 Å². The van der Waals surface area contributed by atoms with Crippen LogP contribution in [0.2, 0.25) is 0 Å². The first-order valence-electron chi connectivity index (χ1n) is 8.57. The van der Waals surface area contributed by atoms with E-state index in [4.69, 9.17) is 4.74 Å². The molecule has 5 nitrogen and oxygen atoms in total. The van der Waals surface area contributed by atoms with E-state index in [-0.39, 0.29) is 24.9 Å². The number of carbonyl (C=O) groups is 2. The molecule has 0 heterocycles. The molecule has 0 saturated carbocycles. The third kappa shape index (κ3) is 5.43. The topological polar surface area (TPSA) is 75.6 Å². The molecule has 0 aliphatic heterocycles. The minimum absolute atomic E-state index is 0.0424. The molecule has 2 rings (SSSR count). The lowest BCUT2D eigenvalue weighted by atomic mass is 9.88. The van der Waals surface area contributed by atoms with Crippen LogP contribution in [-0.2, 0) is 20.7 Å². The summed E-state index contributed by atoms with van der Waals surface area (Å²) in [5, 5.41) is 12.0. The van der Waals surface area contributed by atoms with Crippen molar-refractivity contribution in [3.8, 4) is 0 Å². The Morgan fingerprint density at radius 3 is 2.19 bits per heavy atom. The van der Waals surface area contributed by atoms with Crippen molar-refractivity contribution in [3.05, 3.63) is 71.8 Å². The van der Waals surface area contributed by atoms with Gasteiger partial charge in [0.15, 0.2) is 5.54 Å². The fraction of sp³-hybridized carbons (Fsp3) is 0.333. The lowest BCUT2D eigenvalue weighted by molar-refractivity contribution is -0.149. The summed E-state index contributed by atoms with van der Waals surface area (Å²) in [5.74, 6) is -1.47. The number of aliphatic carboxylic acids is 1. The van der Waals surface area contributed by atoms with E-state index in [9.17, 15) is 14.7 Å². The molecule has 138 valence electrons. The number of carbonyl (C=O) groups excluding carboxylic acids is 1. The molecule has 0 saturated heterocycles. The summed E-state index contributed by atoms with van der Waals surface area (Å²) in [5.41, 5.74) is 0.738. The molecular weight excluding hydrogens is 330 g/mol. The minimum Gasteiger partial charge on any atom is -0.479 e. The van der Waals surface area contributed by atoms with Crippen LogP contribution in [0.25, 0.3) is 0 Å². The SMILES string of the molecule is COCC(C)(NC(=O)CC(Cc1ccccc1)c1ccccc1)C(=O)O. The average Bonchev–Trinajstić information content (AvgIpc) is 2.63. The number of ether oxygens (including phenoxy) is 1. The van der Waals surface area contributed by atoms with Gasteiger partial charge in [-0.15, -0.1) is 0 Å². The predicted molar refractivity (Wildman–Crippen MR) is 100 cm³/mol.